The van der Waals surface area contributed by atoms with E-state index in [1.165, 1.54) is 25.7 Å². The molecule has 1 N–H and O–H groups in total. The van der Waals surface area contributed by atoms with Crippen LogP contribution in [0.25, 0.3) is 0 Å². The van der Waals surface area contributed by atoms with Crippen molar-refractivity contribution in [2.24, 2.45) is 11.3 Å². The van der Waals surface area contributed by atoms with Crippen molar-refractivity contribution in [3.63, 3.8) is 0 Å². The van der Waals surface area contributed by atoms with Gasteiger partial charge in [-0.3, -0.25) is 4.79 Å². The van der Waals surface area contributed by atoms with Crippen LogP contribution in [0.5, 0.6) is 0 Å². The highest BCUT2D eigenvalue weighted by Gasteiger charge is 2.43. The Kier molecular flexibility index (Phi) is 2.31. The van der Waals surface area contributed by atoms with Crippen molar-refractivity contribution in [2.45, 2.75) is 45.4 Å². The van der Waals surface area contributed by atoms with Gasteiger partial charge in [0.05, 0.1) is 0 Å². The molecule has 1 amide bonds. The predicted molar refractivity (Wildman–Crippen MR) is 52.3 cm³/mol. The van der Waals surface area contributed by atoms with Gasteiger partial charge in [-0.25, -0.2) is 0 Å². The number of nitrogens with one attached hydrogen (secondary N) is 1. The smallest absolute Gasteiger partial charge is 0.220 e. The molecule has 0 radical (unpaired) electrons. The molecule has 1 aliphatic heterocycles. The SMILES string of the molecule is CCC1CCCC12CCC(=O)NC2. The Morgan fingerprint density at radius 1 is 1.54 bits per heavy atom. The monoisotopic (exact) mass is 181 g/mol. The topological polar surface area (TPSA) is 29.1 Å². The normalized spacial score (nSPS) is 39.5. The van der Waals surface area contributed by atoms with Crippen LogP contribution in [-0.4, -0.2) is 12.5 Å². The van der Waals surface area contributed by atoms with E-state index in [1.807, 2.05) is 0 Å². The zero-order chi connectivity index (χ0) is 9.31. The minimum atomic E-state index is 0.257. The molecule has 1 saturated carbocycles. The number of hydrogen-bond acceptors (Lipinski definition) is 1. The molecule has 2 rings (SSSR count). The van der Waals surface area contributed by atoms with E-state index < -0.39 is 0 Å². The highest BCUT2D eigenvalue weighted by atomic mass is 16.1. The van der Waals surface area contributed by atoms with Crippen molar-refractivity contribution in [1.82, 2.24) is 5.32 Å². The molecule has 1 spiro atoms. The van der Waals surface area contributed by atoms with E-state index in [4.69, 9.17) is 0 Å². The highest BCUT2D eigenvalue weighted by Crippen LogP contribution is 2.48. The second-order valence-corrected chi connectivity index (χ2v) is 4.64. The minimum absolute atomic E-state index is 0.257. The van der Waals surface area contributed by atoms with Gasteiger partial charge in [0.25, 0.3) is 0 Å². The summed E-state index contributed by atoms with van der Waals surface area (Å²) in [5.41, 5.74) is 0.489. The summed E-state index contributed by atoms with van der Waals surface area (Å²) in [6.07, 6.45) is 7.27. The predicted octanol–water partition coefficient (Wildman–Crippen LogP) is 2.09. The summed E-state index contributed by atoms with van der Waals surface area (Å²) < 4.78 is 0. The van der Waals surface area contributed by atoms with E-state index >= 15 is 0 Å². The quantitative estimate of drug-likeness (QED) is 0.659. The molecule has 2 nitrogen and oxygen atoms in total. The van der Waals surface area contributed by atoms with E-state index in [9.17, 15) is 4.79 Å². The molecule has 1 aliphatic carbocycles. The maximum atomic E-state index is 11.1. The molecule has 0 aromatic carbocycles. The third-order valence-corrected chi connectivity index (χ3v) is 4.07. The largest absolute Gasteiger partial charge is 0.356 e. The average Bonchev–Trinajstić information content (AvgIpc) is 2.54. The molecule has 13 heavy (non-hydrogen) atoms. The maximum absolute atomic E-state index is 11.1. The van der Waals surface area contributed by atoms with Crippen LogP contribution in [0.4, 0.5) is 0 Å². The zero-order valence-electron chi connectivity index (χ0n) is 8.44. The molecule has 2 fully saturated rings. The molecular formula is C11H19NO. The second kappa shape index (κ2) is 3.32. The first-order chi connectivity index (χ1) is 6.27. The third kappa shape index (κ3) is 1.47. The summed E-state index contributed by atoms with van der Waals surface area (Å²) >= 11 is 0. The Balaban J connectivity index is 2.06. The standard InChI is InChI=1S/C11H19NO/c1-2-9-4-3-6-11(9)7-5-10(13)12-8-11/h9H,2-8H2,1H3,(H,12,13). The molecule has 2 aliphatic rings. The van der Waals surface area contributed by atoms with E-state index in [-0.39, 0.29) is 5.91 Å². The molecule has 1 heterocycles. The van der Waals surface area contributed by atoms with Crippen LogP contribution in [0.2, 0.25) is 0 Å². The van der Waals surface area contributed by atoms with Crippen LogP contribution in [0.1, 0.15) is 45.4 Å². The average molecular weight is 181 g/mol. The lowest BCUT2D eigenvalue weighted by atomic mass is 9.71. The van der Waals surface area contributed by atoms with Gasteiger partial charge < -0.3 is 5.32 Å². The second-order valence-electron chi connectivity index (χ2n) is 4.64. The Morgan fingerprint density at radius 3 is 3.00 bits per heavy atom. The molecule has 1 saturated heterocycles. The summed E-state index contributed by atoms with van der Waals surface area (Å²) in [5.74, 6) is 1.13. The number of hydrogen-bond donors (Lipinski definition) is 1. The molecule has 0 aromatic rings. The Hall–Kier alpha value is -0.530. The van der Waals surface area contributed by atoms with Crippen LogP contribution in [0.15, 0.2) is 0 Å². The fraction of sp³-hybridized carbons (Fsp3) is 0.909. The lowest BCUT2D eigenvalue weighted by Gasteiger charge is -2.38. The van der Waals surface area contributed by atoms with Crippen molar-refractivity contribution in [3.05, 3.63) is 0 Å². The molecule has 2 unspecified atom stereocenters. The Labute approximate surface area is 80.1 Å². The summed E-state index contributed by atoms with van der Waals surface area (Å²) in [7, 11) is 0. The lowest BCUT2D eigenvalue weighted by Crippen LogP contribution is -2.45. The molecule has 0 bridgehead atoms. The molecule has 74 valence electrons. The summed E-state index contributed by atoms with van der Waals surface area (Å²) in [6, 6.07) is 0. The summed E-state index contributed by atoms with van der Waals surface area (Å²) in [6.45, 7) is 3.23. The van der Waals surface area contributed by atoms with Crippen molar-refractivity contribution >= 4 is 5.91 Å². The van der Waals surface area contributed by atoms with E-state index in [0.29, 0.717) is 5.41 Å². The first kappa shape index (κ1) is 9.04. The number of amides is 1. The van der Waals surface area contributed by atoms with Crippen molar-refractivity contribution in [2.75, 3.05) is 6.54 Å². The van der Waals surface area contributed by atoms with Crippen LogP contribution in [0.3, 0.4) is 0 Å². The van der Waals surface area contributed by atoms with Gasteiger partial charge in [0, 0.05) is 13.0 Å². The Morgan fingerprint density at radius 2 is 2.38 bits per heavy atom. The summed E-state index contributed by atoms with van der Waals surface area (Å²) in [5, 5.41) is 3.04. The van der Waals surface area contributed by atoms with Gasteiger partial charge in [-0.1, -0.05) is 19.8 Å². The molecule has 2 heteroatoms. The minimum Gasteiger partial charge on any atom is -0.356 e. The van der Waals surface area contributed by atoms with Crippen molar-refractivity contribution < 1.29 is 4.79 Å². The van der Waals surface area contributed by atoms with Crippen LogP contribution < -0.4 is 5.32 Å². The highest BCUT2D eigenvalue weighted by molar-refractivity contribution is 5.76. The maximum Gasteiger partial charge on any atom is 0.220 e. The number of piperidine rings is 1. The van der Waals surface area contributed by atoms with E-state index in [0.717, 1.165) is 25.3 Å². The van der Waals surface area contributed by atoms with Crippen LogP contribution in [-0.2, 0) is 4.79 Å². The summed E-state index contributed by atoms with van der Waals surface area (Å²) in [4.78, 5) is 11.1. The van der Waals surface area contributed by atoms with Gasteiger partial charge in [0.1, 0.15) is 0 Å². The van der Waals surface area contributed by atoms with Crippen molar-refractivity contribution in [1.29, 1.82) is 0 Å². The van der Waals surface area contributed by atoms with Crippen molar-refractivity contribution in [3.8, 4) is 0 Å². The fourth-order valence-corrected chi connectivity index (χ4v) is 3.22. The van der Waals surface area contributed by atoms with Gasteiger partial charge in [-0.15, -0.1) is 0 Å². The van der Waals surface area contributed by atoms with Gasteiger partial charge in [-0.05, 0) is 30.6 Å². The third-order valence-electron chi connectivity index (χ3n) is 4.07. The lowest BCUT2D eigenvalue weighted by molar-refractivity contribution is -0.124. The number of rotatable bonds is 1. The first-order valence-corrected chi connectivity index (χ1v) is 5.53. The Bertz CT molecular complexity index is 202. The van der Waals surface area contributed by atoms with Gasteiger partial charge in [0.2, 0.25) is 5.91 Å². The fourth-order valence-electron chi connectivity index (χ4n) is 3.22. The van der Waals surface area contributed by atoms with E-state index in [1.54, 1.807) is 0 Å². The first-order valence-electron chi connectivity index (χ1n) is 5.53. The number of carbonyl (C=O) groups is 1. The molecule has 2 atom stereocenters. The van der Waals surface area contributed by atoms with Gasteiger partial charge in [0.15, 0.2) is 0 Å². The zero-order valence-corrected chi connectivity index (χ0v) is 8.44. The van der Waals surface area contributed by atoms with Crippen LogP contribution >= 0.6 is 0 Å². The van der Waals surface area contributed by atoms with E-state index in [2.05, 4.69) is 12.2 Å². The molecule has 0 aromatic heterocycles. The molecular weight excluding hydrogens is 162 g/mol. The number of carbonyl (C=O) groups excluding carboxylic acids is 1. The van der Waals surface area contributed by atoms with Gasteiger partial charge in [-0.2, -0.15) is 0 Å². The van der Waals surface area contributed by atoms with Crippen LogP contribution in [0, 0.1) is 11.3 Å². The van der Waals surface area contributed by atoms with Gasteiger partial charge >= 0.3 is 0 Å².